The number of carbonyl (C=O) groups excluding carboxylic acids is 1. The summed E-state index contributed by atoms with van der Waals surface area (Å²) >= 11 is 0. The van der Waals surface area contributed by atoms with Crippen LogP contribution in [-0.2, 0) is 11.3 Å². The lowest BCUT2D eigenvalue weighted by molar-refractivity contribution is -0.385. The van der Waals surface area contributed by atoms with Crippen molar-refractivity contribution in [2.45, 2.75) is 46.3 Å². The highest BCUT2D eigenvalue weighted by Gasteiger charge is 2.22. The molecule has 1 aromatic rings. The predicted molar refractivity (Wildman–Crippen MR) is 95.5 cm³/mol. The minimum absolute atomic E-state index is 0.00840. The van der Waals surface area contributed by atoms with Crippen LogP contribution in [0.3, 0.4) is 0 Å². The molecule has 7 heteroatoms. The second kappa shape index (κ2) is 8.80. The molecule has 0 bridgehead atoms. The van der Waals surface area contributed by atoms with Crippen LogP contribution in [0.1, 0.15) is 39.2 Å². The van der Waals surface area contributed by atoms with E-state index in [1.165, 1.54) is 13.0 Å². The summed E-state index contributed by atoms with van der Waals surface area (Å²) in [5.74, 6) is 1.10. The van der Waals surface area contributed by atoms with E-state index in [2.05, 4.69) is 10.2 Å². The Morgan fingerprint density at radius 3 is 2.88 bits per heavy atom. The van der Waals surface area contributed by atoms with Crippen molar-refractivity contribution < 1.29 is 14.5 Å². The number of nitrogens with one attached hydrogen (secondary N) is 1. The summed E-state index contributed by atoms with van der Waals surface area (Å²) in [5.41, 5.74) is 0.918. The third kappa shape index (κ3) is 6.01. The molecular formula is C18H27N3O4. The van der Waals surface area contributed by atoms with Crippen molar-refractivity contribution in [3.63, 3.8) is 0 Å². The average Bonchev–Trinajstić information content (AvgIpc) is 2.54. The zero-order valence-corrected chi connectivity index (χ0v) is 15.2. The van der Waals surface area contributed by atoms with Crippen LogP contribution in [0.4, 0.5) is 5.69 Å². The summed E-state index contributed by atoms with van der Waals surface area (Å²) in [6.07, 6.45) is 2.15. The molecule has 1 saturated heterocycles. The molecule has 1 aliphatic heterocycles. The lowest BCUT2D eigenvalue weighted by Crippen LogP contribution is -2.40. The van der Waals surface area contributed by atoms with Crippen molar-refractivity contribution in [2.24, 2.45) is 5.92 Å². The standard InChI is InChI=1S/C18H27N3O4/c1-13(2)25-18-7-6-17(21(23)24)9-16(18)12-20-8-4-5-15(11-20)10-19-14(3)22/h6-7,9,13,15H,4-5,8,10-12H2,1-3H3,(H,19,22)/t15-/m0/s1. The molecule has 1 atom stereocenters. The molecule has 1 aromatic carbocycles. The maximum Gasteiger partial charge on any atom is 0.270 e. The number of non-ortho nitro benzene ring substituents is 1. The molecule has 0 radical (unpaired) electrons. The summed E-state index contributed by atoms with van der Waals surface area (Å²) < 4.78 is 5.82. The van der Waals surface area contributed by atoms with Crippen molar-refractivity contribution in [2.75, 3.05) is 19.6 Å². The van der Waals surface area contributed by atoms with Crippen LogP contribution < -0.4 is 10.1 Å². The number of piperidine rings is 1. The van der Waals surface area contributed by atoms with E-state index in [1.54, 1.807) is 12.1 Å². The number of likely N-dealkylation sites (tertiary alicyclic amines) is 1. The normalized spacial score (nSPS) is 18.2. The molecule has 0 aliphatic carbocycles. The van der Waals surface area contributed by atoms with E-state index < -0.39 is 0 Å². The Balaban J connectivity index is 2.09. The van der Waals surface area contributed by atoms with Gasteiger partial charge < -0.3 is 10.1 Å². The minimum Gasteiger partial charge on any atom is -0.491 e. The fourth-order valence-electron chi connectivity index (χ4n) is 3.16. The van der Waals surface area contributed by atoms with Gasteiger partial charge in [-0.2, -0.15) is 0 Å². The topological polar surface area (TPSA) is 84.7 Å². The SMILES string of the molecule is CC(=O)NC[C@@H]1CCCN(Cc2cc([N+](=O)[O-])ccc2OC(C)C)C1. The third-order valence-corrected chi connectivity index (χ3v) is 4.25. The molecule has 0 saturated carbocycles. The number of nitro benzene ring substituents is 1. The first-order valence-electron chi connectivity index (χ1n) is 8.76. The molecule has 1 fully saturated rings. The molecule has 1 N–H and O–H groups in total. The quantitative estimate of drug-likeness (QED) is 0.604. The van der Waals surface area contributed by atoms with Gasteiger partial charge in [0.2, 0.25) is 5.91 Å². The number of hydrogen-bond acceptors (Lipinski definition) is 5. The number of rotatable bonds is 7. The largest absolute Gasteiger partial charge is 0.491 e. The molecule has 1 heterocycles. The highest BCUT2D eigenvalue weighted by Crippen LogP contribution is 2.28. The fraction of sp³-hybridized carbons (Fsp3) is 0.611. The maximum absolute atomic E-state index is 11.1. The Labute approximate surface area is 148 Å². The summed E-state index contributed by atoms with van der Waals surface area (Å²) in [4.78, 5) is 24.1. The van der Waals surface area contributed by atoms with E-state index in [4.69, 9.17) is 4.74 Å². The molecule has 1 amide bonds. The van der Waals surface area contributed by atoms with Crippen molar-refractivity contribution in [1.82, 2.24) is 10.2 Å². The van der Waals surface area contributed by atoms with E-state index in [0.29, 0.717) is 24.8 Å². The van der Waals surface area contributed by atoms with E-state index in [1.807, 2.05) is 13.8 Å². The zero-order chi connectivity index (χ0) is 18.4. The number of benzene rings is 1. The van der Waals surface area contributed by atoms with E-state index in [-0.39, 0.29) is 22.6 Å². The Morgan fingerprint density at radius 1 is 1.48 bits per heavy atom. The van der Waals surface area contributed by atoms with Gasteiger partial charge in [-0.25, -0.2) is 0 Å². The Kier molecular flexibility index (Phi) is 6.75. The van der Waals surface area contributed by atoms with Gasteiger partial charge in [-0.05, 0) is 45.2 Å². The van der Waals surface area contributed by atoms with Gasteiger partial charge in [0.15, 0.2) is 0 Å². The van der Waals surface area contributed by atoms with E-state index >= 15 is 0 Å². The van der Waals surface area contributed by atoms with Crippen LogP contribution in [0.25, 0.3) is 0 Å². The second-order valence-electron chi connectivity index (χ2n) is 6.90. The molecule has 1 aliphatic rings. The van der Waals surface area contributed by atoms with Gasteiger partial charge in [-0.1, -0.05) is 0 Å². The minimum atomic E-state index is -0.377. The smallest absolute Gasteiger partial charge is 0.270 e. The number of hydrogen-bond donors (Lipinski definition) is 1. The molecule has 0 unspecified atom stereocenters. The predicted octanol–water partition coefficient (Wildman–Crippen LogP) is 2.73. The Bertz CT molecular complexity index is 618. The molecule has 25 heavy (non-hydrogen) atoms. The van der Waals surface area contributed by atoms with Gasteiger partial charge in [0.1, 0.15) is 5.75 Å². The summed E-state index contributed by atoms with van der Waals surface area (Å²) in [6, 6.07) is 4.78. The van der Waals surface area contributed by atoms with E-state index in [0.717, 1.165) is 31.5 Å². The van der Waals surface area contributed by atoms with Crippen molar-refractivity contribution in [1.29, 1.82) is 0 Å². The first-order chi connectivity index (χ1) is 11.8. The number of ether oxygens (including phenoxy) is 1. The van der Waals surface area contributed by atoms with Gasteiger partial charge in [-0.3, -0.25) is 19.8 Å². The van der Waals surface area contributed by atoms with Crippen LogP contribution in [0, 0.1) is 16.0 Å². The molecule has 0 spiro atoms. The second-order valence-corrected chi connectivity index (χ2v) is 6.90. The molecule has 138 valence electrons. The molecular weight excluding hydrogens is 322 g/mol. The van der Waals surface area contributed by atoms with Gasteiger partial charge in [0.05, 0.1) is 11.0 Å². The van der Waals surface area contributed by atoms with Crippen LogP contribution in [-0.4, -0.2) is 41.5 Å². The van der Waals surface area contributed by atoms with Crippen LogP contribution >= 0.6 is 0 Å². The van der Waals surface area contributed by atoms with Crippen LogP contribution in [0.15, 0.2) is 18.2 Å². The Morgan fingerprint density at radius 2 is 2.24 bits per heavy atom. The van der Waals surface area contributed by atoms with E-state index in [9.17, 15) is 14.9 Å². The van der Waals surface area contributed by atoms with Gasteiger partial charge in [0.25, 0.3) is 5.69 Å². The molecule has 0 aromatic heterocycles. The molecule has 7 nitrogen and oxygen atoms in total. The van der Waals surface area contributed by atoms with Gasteiger partial charge >= 0.3 is 0 Å². The lowest BCUT2D eigenvalue weighted by Gasteiger charge is -2.33. The van der Waals surface area contributed by atoms with Gasteiger partial charge in [-0.15, -0.1) is 0 Å². The third-order valence-electron chi connectivity index (χ3n) is 4.25. The van der Waals surface area contributed by atoms with Gasteiger partial charge in [0, 0.05) is 44.3 Å². The highest BCUT2D eigenvalue weighted by atomic mass is 16.6. The van der Waals surface area contributed by atoms with Crippen molar-refractivity contribution in [3.8, 4) is 5.75 Å². The zero-order valence-electron chi connectivity index (χ0n) is 15.2. The lowest BCUT2D eigenvalue weighted by atomic mass is 9.97. The number of carbonyl (C=O) groups is 1. The first-order valence-corrected chi connectivity index (χ1v) is 8.76. The number of nitro groups is 1. The summed E-state index contributed by atoms with van der Waals surface area (Å²) in [7, 11) is 0. The fourth-order valence-corrected chi connectivity index (χ4v) is 3.16. The number of nitrogens with zero attached hydrogens (tertiary/aromatic N) is 2. The summed E-state index contributed by atoms with van der Waals surface area (Å²) in [5, 5.41) is 14.0. The highest BCUT2D eigenvalue weighted by molar-refractivity contribution is 5.72. The van der Waals surface area contributed by atoms with Crippen molar-refractivity contribution in [3.05, 3.63) is 33.9 Å². The van der Waals surface area contributed by atoms with Crippen LogP contribution in [0.5, 0.6) is 5.75 Å². The van der Waals surface area contributed by atoms with Crippen molar-refractivity contribution >= 4 is 11.6 Å². The Hall–Kier alpha value is -2.15. The molecule has 2 rings (SSSR count). The summed E-state index contributed by atoms with van der Waals surface area (Å²) in [6.45, 7) is 8.51. The monoisotopic (exact) mass is 349 g/mol. The van der Waals surface area contributed by atoms with Crippen LogP contribution in [0.2, 0.25) is 0 Å². The first kappa shape index (κ1) is 19.2. The average molecular weight is 349 g/mol. The number of amides is 1. The maximum atomic E-state index is 11.1.